The van der Waals surface area contributed by atoms with Gasteiger partial charge in [-0.05, 0) is 19.3 Å². The Morgan fingerprint density at radius 3 is 3.06 bits per heavy atom. The van der Waals surface area contributed by atoms with Crippen LogP contribution in [0.3, 0.4) is 0 Å². The zero-order chi connectivity index (χ0) is 13.0. The van der Waals surface area contributed by atoms with E-state index in [0.29, 0.717) is 18.8 Å². The topological polar surface area (TPSA) is 64.0 Å². The molecular formula is C12H21N3O2S. The molecule has 18 heavy (non-hydrogen) atoms. The van der Waals surface area contributed by atoms with E-state index in [1.165, 1.54) is 0 Å². The summed E-state index contributed by atoms with van der Waals surface area (Å²) in [6.45, 7) is 4.29. The molecule has 2 rings (SSSR count). The number of aromatic nitrogens is 2. The van der Waals surface area contributed by atoms with Crippen LogP contribution in [0.1, 0.15) is 31.7 Å². The van der Waals surface area contributed by atoms with Crippen molar-refractivity contribution >= 4 is 9.84 Å². The summed E-state index contributed by atoms with van der Waals surface area (Å²) in [5.74, 6) is 0.355. The molecule has 0 amide bonds. The highest BCUT2D eigenvalue weighted by molar-refractivity contribution is 7.92. The van der Waals surface area contributed by atoms with E-state index in [9.17, 15) is 8.42 Å². The molecule has 0 radical (unpaired) electrons. The Morgan fingerprint density at radius 2 is 2.39 bits per heavy atom. The molecule has 0 saturated carbocycles. The molecule has 1 unspecified atom stereocenters. The first-order chi connectivity index (χ1) is 8.62. The molecule has 0 spiro atoms. The highest BCUT2D eigenvalue weighted by Crippen LogP contribution is 2.19. The van der Waals surface area contributed by atoms with Crippen molar-refractivity contribution in [3.8, 4) is 0 Å². The molecule has 5 nitrogen and oxygen atoms in total. The maximum absolute atomic E-state index is 11.6. The monoisotopic (exact) mass is 271 g/mol. The van der Waals surface area contributed by atoms with Gasteiger partial charge in [0, 0.05) is 31.4 Å². The molecule has 1 N–H and O–H groups in total. The van der Waals surface area contributed by atoms with Crippen LogP contribution < -0.4 is 5.32 Å². The third-order valence-electron chi connectivity index (χ3n) is 3.30. The summed E-state index contributed by atoms with van der Waals surface area (Å²) in [5.41, 5.74) is 1.11. The molecule has 1 atom stereocenters. The van der Waals surface area contributed by atoms with Crippen LogP contribution in [0.4, 0.5) is 0 Å². The molecule has 1 saturated heterocycles. The molecule has 0 bridgehead atoms. The Hall–Kier alpha value is -0.880. The smallest absolute Gasteiger partial charge is 0.154 e. The lowest BCUT2D eigenvalue weighted by Crippen LogP contribution is -2.30. The summed E-state index contributed by atoms with van der Waals surface area (Å²) in [5, 5.41) is 7.27. The number of sulfone groups is 1. The quantitative estimate of drug-likeness (QED) is 0.837. The third-order valence-corrected chi connectivity index (χ3v) is 5.58. The minimum Gasteiger partial charge on any atom is -0.311 e. The van der Waals surface area contributed by atoms with Crippen molar-refractivity contribution in [2.75, 3.05) is 12.3 Å². The predicted molar refractivity (Wildman–Crippen MR) is 71.0 cm³/mol. The number of nitrogens with one attached hydrogen (secondary N) is 1. The van der Waals surface area contributed by atoms with E-state index < -0.39 is 9.84 Å². The van der Waals surface area contributed by atoms with Gasteiger partial charge in [0.1, 0.15) is 0 Å². The van der Waals surface area contributed by atoms with Crippen LogP contribution in [0.15, 0.2) is 12.4 Å². The van der Waals surface area contributed by atoms with Crippen LogP contribution in [0.25, 0.3) is 0 Å². The minimum absolute atomic E-state index is 0.191. The van der Waals surface area contributed by atoms with Gasteiger partial charge in [-0.1, -0.05) is 6.92 Å². The Morgan fingerprint density at radius 1 is 1.56 bits per heavy atom. The van der Waals surface area contributed by atoms with Gasteiger partial charge >= 0.3 is 0 Å². The number of hydrogen-bond acceptors (Lipinski definition) is 4. The summed E-state index contributed by atoms with van der Waals surface area (Å²) in [4.78, 5) is 0. The average Bonchev–Trinajstić information content (AvgIpc) is 2.87. The molecule has 6 heteroatoms. The highest BCUT2D eigenvalue weighted by atomic mass is 32.2. The fraction of sp³-hybridized carbons (Fsp3) is 0.750. The number of nitrogens with zero attached hydrogens (tertiary/aromatic N) is 2. The van der Waals surface area contributed by atoms with Crippen LogP contribution in [0, 0.1) is 0 Å². The number of aryl methyl sites for hydroxylation is 1. The average molecular weight is 271 g/mol. The second-order valence-corrected chi connectivity index (χ2v) is 7.27. The molecule has 1 aromatic heterocycles. The fourth-order valence-electron chi connectivity index (χ4n) is 2.31. The fourth-order valence-corrected chi connectivity index (χ4v) is 4.11. The van der Waals surface area contributed by atoms with Crippen LogP contribution in [-0.2, 0) is 22.9 Å². The highest BCUT2D eigenvalue weighted by Gasteiger charge is 2.30. The molecule has 1 fully saturated rings. The van der Waals surface area contributed by atoms with Crippen molar-refractivity contribution in [3.05, 3.63) is 18.0 Å². The van der Waals surface area contributed by atoms with Gasteiger partial charge in [-0.3, -0.25) is 4.68 Å². The van der Waals surface area contributed by atoms with Crippen LogP contribution in [0.2, 0.25) is 0 Å². The van der Waals surface area contributed by atoms with E-state index in [2.05, 4.69) is 17.3 Å². The largest absolute Gasteiger partial charge is 0.311 e. The molecule has 1 aliphatic heterocycles. The van der Waals surface area contributed by atoms with E-state index >= 15 is 0 Å². The minimum atomic E-state index is -2.83. The predicted octanol–water partition coefficient (Wildman–Crippen LogP) is 0.960. The lowest BCUT2D eigenvalue weighted by Gasteiger charge is -2.09. The summed E-state index contributed by atoms with van der Waals surface area (Å²) in [7, 11) is -2.83. The zero-order valence-corrected chi connectivity index (χ0v) is 11.6. The van der Waals surface area contributed by atoms with E-state index in [1.807, 2.05) is 17.1 Å². The van der Waals surface area contributed by atoms with Gasteiger partial charge in [-0.15, -0.1) is 0 Å². The first-order valence-corrected chi connectivity index (χ1v) is 8.27. The first-order valence-electron chi connectivity index (χ1n) is 6.55. The van der Waals surface area contributed by atoms with Crippen molar-refractivity contribution in [3.63, 3.8) is 0 Å². The molecule has 0 aromatic carbocycles. The Kier molecular flexibility index (Phi) is 4.40. The van der Waals surface area contributed by atoms with Crippen LogP contribution in [0.5, 0.6) is 0 Å². The maximum Gasteiger partial charge on any atom is 0.154 e. The lowest BCUT2D eigenvalue weighted by atomic mass is 10.2. The molecule has 1 aliphatic rings. The second kappa shape index (κ2) is 5.84. The van der Waals surface area contributed by atoms with Gasteiger partial charge in [-0.25, -0.2) is 8.42 Å². The summed E-state index contributed by atoms with van der Waals surface area (Å²) >= 11 is 0. The standard InChI is InChI=1S/C12H21N3O2S/c1-2-5-15-10-11(8-14-15)7-13-9-12-4-3-6-18(12,16)17/h8,10,12-13H,2-7,9H2,1H3. The SMILES string of the molecule is CCCn1cc(CNCC2CCCS2(=O)=O)cn1. The van der Waals surface area contributed by atoms with Gasteiger partial charge in [0.2, 0.25) is 0 Å². The molecule has 1 aromatic rings. The molecule has 102 valence electrons. The van der Waals surface area contributed by atoms with Crippen molar-refractivity contribution in [2.45, 2.75) is 44.5 Å². The van der Waals surface area contributed by atoms with Crippen molar-refractivity contribution in [2.24, 2.45) is 0 Å². The van der Waals surface area contributed by atoms with Gasteiger partial charge in [0.05, 0.1) is 17.2 Å². The van der Waals surface area contributed by atoms with E-state index in [0.717, 1.165) is 31.4 Å². The van der Waals surface area contributed by atoms with Crippen molar-refractivity contribution < 1.29 is 8.42 Å². The Balaban J connectivity index is 1.78. The lowest BCUT2D eigenvalue weighted by molar-refractivity contribution is 0.573. The summed E-state index contributed by atoms with van der Waals surface area (Å²) in [6, 6.07) is 0. The van der Waals surface area contributed by atoms with Gasteiger partial charge in [0.25, 0.3) is 0 Å². The van der Waals surface area contributed by atoms with E-state index in [4.69, 9.17) is 0 Å². The molecule has 2 heterocycles. The number of hydrogen-bond donors (Lipinski definition) is 1. The summed E-state index contributed by atoms with van der Waals surface area (Å²) < 4.78 is 25.2. The third kappa shape index (κ3) is 3.32. The first kappa shape index (κ1) is 13.5. The van der Waals surface area contributed by atoms with E-state index in [1.54, 1.807) is 0 Å². The van der Waals surface area contributed by atoms with Gasteiger partial charge in [-0.2, -0.15) is 5.10 Å². The second-order valence-electron chi connectivity index (χ2n) is 4.87. The van der Waals surface area contributed by atoms with Gasteiger partial charge < -0.3 is 5.32 Å². The van der Waals surface area contributed by atoms with Gasteiger partial charge in [0.15, 0.2) is 9.84 Å². The Labute approximate surface area is 108 Å². The van der Waals surface area contributed by atoms with Crippen LogP contribution >= 0.6 is 0 Å². The summed E-state index contributed by atoms with van der Waals surface area (Å²) in [6.07, 6.45) is 6.52. The maximum atomic E-state index is 11.6. The van der Waals surface area contributed by atoms with Crippen LogP contribution in [-0.4, -0.2) is 35.7 Å². The zero-order valence-electron chi connectivity index (χ0n) is 10.8. The Bertz CT molecular complexity index is 481. The molecular weight excluding hydrogens is 250 g/mol. The van der Waals surface area contributed by atoms with E-state index in [-0.39, 0.29) is 5.25 Å². The van der Waals surface area contributed by atoms with Crippen molar-refractivity contribution in [1.82, 2.24) is 15.1 Å². The normalized spacial score (nSPS) is 22.4. The number of rotatable bonds is 6. The molecule has 0 aliphatic carbocycles. The van der Waals surface area contributed by atoms with Crippen molar-refractivity contribution in [1.29, 1.82) is 0 Å².